The summed E-state index contributed by atoms with van der Waals surface area (Å²) in [5.74, 6) is 0. The molecule has 0 amide bonds. The molecule has 13 heavy (non-hydrogen) atoms. The maximum Gasteiger partial charge on any atom is 0.0655 e. The summed E-state index contributed by atoms with van der Waals surface area (Å²) in [6, 6.07) is 0. The molecule has 0 unspecified atom stereocenters. The lowest BCUT2D eigenvalue weighted by Crippen LogP contribution is -1.81. The van der Waals surface area contributed by atoms with Crippen molar-refractivity contribution in [3.05, 3.63) is 48.2 Å². The largest absolute Gasteiger partial charge is 0.257 e. The minimum Gasteiger partial charge on any atom is -0.257 e. The Morgan fingerprint density at radius 3 is 2.31 bits per heavy atom. The molecule has 0 heterocycles. The van der Waals surface area contributed by atoms with E-state index in [1.54, 1.807) is 12.3 Å². The lowest BCUT2D eigenvalue weighted by molar-refractivity contribution is 1.28. The summed E-state index contributed by atoms with van der Waals surface area (Å²) in [6.45, 7) is 13.4. The van der Waals surface area contributed by atoms with E-state index < -0.39 is 0 Å². The van der Waals surface area contributed by atoms with Crippen LogP contribution in [0, 0.1) is 0 Å². The van der Waals surface area contributed by atoms with Crippen LogP contribution < -0.4 is 0 Å². The molecule has 0 aliphatic heterocycles. The van der Waals surface area contributed by atoms with Gasteiger partial charge in [0.05, 0.1) is 5.70 Å². The van der Waals surface area contributed by atoms with Crippen LogP contribution >= 0.6 is 0 Å². The van der Waals surface area contributed by atoms with Crippen molar-refractivity contribution in [1.82, 2.24) is 0 Å². The molecular formula is C12H17N. The highest BCUT2D eigenvalue weighted by Crippen LogP contribution is 2.11. The van der Waals surface area contributed by atoms with Gasteiger partial charge in [-0.05, 0) is 32.4 Å². The van der Waals surface area contributed by atoms with Gasteiger partial charge < -0.3 is 0 Å². The van der Waals surface area contributed by atoms with Gasteiger partial charge in [0.1, 0.15) is 0 Å². The third-order valence-corrected chi connectivity index (χ3v) is 1.58. The topological polar surface area (TPSA) is 12.4 Å². The standard InChI is InChI=1S/C12H17N/c1-6-8-13-12(10(3)4)9-11(5)7-2/h6-9H,1,3H2,2,4-5H3/b11-7-,12-9+,13-8?. The zero-order valence-corrected chi connectivity index (χ0v) is 8.67. The molecule has 70 valence electrons. The zero-order valence-electron chi connectivity index (χ0n) is 8.67. The second kappa shape index (κ2) is 6.18. The van der Waals surface area contributed by atoms with Gasteiger partial charge in [-0.1, -0.05) is 30.9 Å². The van der Waals surface area contributed by atoms with Crippen molar-refractivity contribution in [3.63, 3.8) is 0 Å². The number of nitrogens with zero attached hydrogens (tertiary/aromatic N) is 1. The molecule has 0 aromatic carbocycles. The SMILES string of the molecule is C=CC=N/C(=C/C(C)=C\C)C(=C)C. The molecule has 0 saturated heterocycles. The van der Waals surface area contributed by atoms with E-state index in [0.29, 0.717) is 0 Å². The van der Waals surface area contributed by atoms with Gasteiger partial charge >= 0.3 is 0 Å². The van der Waals surface area contributed by atoms with E-state index in [1.807, 2.05) is 32.9 Å². The smallest absolute Gasteiger partial charge is 0.0655 e. The predicted molar refractivity (Wildman–Crippen MR) is 61.0 cm³/mol. The number of hydrogen-bond acceptors (Lipinski definition) is 1. The van der Waals surface area contributed by atoms with Gasteiger partial charge in [0.25, 0.3) is 0 Å². The van der Waals surface area contributed by atoms with Crippen LogP contribution in [0.25, 0.3) is 0 Å². The molecule has 0 atom stereocenters. The Hall–Kier alpha value is -1.37. The lowest BCUT2D eigenvalue weighted by Gasteiger charge is -1.99. The van der Waals surface area contributed by atoms with E-state index in [1.165, 1.54) is 5.57 Å². The first-order valence-electron chi connectivity index (χ1n) is 4.27. The van der Waals surface area contributed by atoms with E-state index in [-0.39, 0.29) is 0 Å². The minimum absolute atomic E-state index is 0.899. The van der Waals surface area contributed by atoms with E-state index in [0.717, 1.165) is 11.3 Å². The van der Waals surface area contributed by atoms with Crippen molar-refractivity contribution in [3.8, 4) is 0 Å². The fourth-order valence-electron chi connectivity index (χ4n) is 0.703. The summed E-state index contributed by atoms with van der Waals surface area (Å²) >= 11 is 0. The van der Waals surface area contributed by atoms with Crippen LogP contribution in [0.4, 0.5) is 0 Å². The maximum atomic E-state index is 4.21. The van der Waals surface area contributed by atoms with Gasteiger partial charge in [0.15, 0.2) is 0 Å². The Morgan fingerprint density at radius 1 is 1.31 bits per heavy atom. The highest BCUT2D eigenvalue weighted by Gasteiger charge is 1.93. The second-order valence-electron chi connectivity index (χ2n) is 2.86. The Balaban J connectivity index is 4.80. The molecule has 0 bridgehead atoms. The molecule has 0 aromatic heterocycles. The molecular weight excluding hydrogens is 158 g/mol. The van der Waals surface area contributed by atoms with Crippen LogP contribution in [-0.4, -0.2) is 6.21 Å². The average molecular weight is 175 g/mol. The maximum absolute atomic E-state index is 4.21. The third-order valence-electron chi connectivity index (χ3n) is 1.58. The van der Waals surface area contributed by atoms with Crippen molar-refractivity contribution < 1.29 is 0 Å². The lowest BCUT2D eigenvalue weighted by atomic mass is 10.2. The zero-order chi connectivity index (χ0) is 10.3. The molecule has 0 N–H and O–H groups in total. The van der Waals surface area contributed by atoms with Crippen molar-refractivity contribution in [1.29, 1.82) is 0 Å². The molecule has 1 heteroatoms. The number of hydrogen-bond donors (Lipinski definition) is 0. The molecule has 0 aliphatic carbocycles. The quantitative estimate of drug-likeness (QED) is 0.456. The van der Waals surface area contributed by atoms with Crippen LogP contribution in [0.15, 0.2) is 53.2 Å². The normalized spacial score (nSPS) is 13.5. The Morgan fingerprint density at radius 2 is 1.92 bits per heavy atom. The monoisotopic (exact) mass is 175 g/mol. The van der Waals surface area contributed by atoms with Gasteiger partial charge in [-0.3, -0.25) is 4.99 Å². The minimum atomic E-state index is 0.899. The van der Waals surface area contributed by atoms with Crippen molar-refractivity contribution in [2.75, 3.05) is 0 Å². The van der Waals surface area contributed by atoms with Gasteiger partial charge in [-0.2, -0.15) is 0 Å². The number of aliphatic imine (C=N–C) groups is 1. The third kappa shape index (κ3) is 4.96. The molecule has 0 aliphatic rings. The first kappa shape index (κ1) is 11.6. The van der Waals surface area contributed by atoms with Crippen LogP contribution in [0.1, 0.15) is 20.8 Å². The summed E-state index contributed by atoms with van der Waals surface area (Å²) in [5, 5.41) is 0. The highest BCUT2D eigenvalue weighted by atomic mass is 14.7. The van der Waals surface area contributed by atoms with Crippen LogP contribution in [0.2, 0.25) is 0 Å². The molecule has 0 spiro atoms. The summed E-state index contributed by atoms with van der Waals surface area (Å²) in [7, 11) is 0. The molecule has 0 rings (SSSR count). The van der Waals surface area contributed by atoms with E-state index in [2.05, 4.69) is 18.2 Å². The Labute approximate surface area is 80.9 Å². The average Bonchev–Trinajstić information content (AvgIpc) is 2.11. The number of allylic oxidation sites excluding steroid dienone is 5. The van der Waals surface area contributed by atoms with Gasteiger partial charge in [0.2, 0.25) is 0 Å². The Bertz CT molecular complexity index is 277. The fraction of sp³-hybridized carbons (Fsp3) is 0.250. The number of rotatable bonds is 4. The predicted octanol–water partition coefficient (Wildman–Crippen LogP) is 3.67. The first-order chi connectivity index (χ1) is 6.11. The van der Waals surface area contributed by atoms with Gasteiger partial charge in [-0.25, -0.2) is 0 Å². The summed E-state index contributed by atoms with van der Waals surface area (Å²) in [6.07, 6.45) is 7.36. The van der Waals surface area contributed by atoms with Gasteiger partial charge in [-0.15, -0.1) is 0 Å². The van der Waals surface area contributed by atoms with Crippen LogP contribution in [-0.2, 0) is 0 Å². The summed E-state index contributed by atoms with van der Waals surface area (Å²) < 4.78 is 0. The van der Waals surface area contributed by atoms with E-state index >= 15 is 0 Å². The van der Waals surface area contributed by atoms with Gasteiger partial charge in [0, 0.05) is 6.21 Å². The fourth-order valence-corrected chi connectivity index (χ4v) is 0.703. The van der Waals surface area contributed by atoms with Crippen LogP contribution in [0.3, 0.4) is 0 Å². The first-order valence-corrected chi connectivity index (χ1v) is 4.27. The molecule has 1 nitrogen and oxygen atoms in total. The van der Waals surface area contributed by atoms with E-state index in [4.69, 9.17) is 0 Å². The Kier molecular flexibility index (Phi) is 5.53. The molecule has 0 radical (unpaired) electrons. The molecule has 0 aromatic rings. The molecule has 0 saturated carbocycles. The summed E-state index contributed by atoms with van der Waals surface area (Å²) in [4.78, 5) is 4.21. The van der Waals surface area contributed by atoms with Crippen molar-refractivity contribution in [2.45, 2.75) is 20.8 Å². The van der Waals surface area contributed by atoms with Crippen LogP contribution in [0.5, 0.6) is 0 Å². The van der Waals surface area contributed by atoms with Crippen molar-refractivity contribution in [2.24, 2.45) is 4.99 Å². The summed E-state index contributed by atoms with van der Waals surface area (Å²) in [5.41, 5.74) is 3.04. The highest BCUT2D eigenvalue weighted by molar-refractivity contribution is 5.72. The van der Waals surface area contributed by atoms with Crippen molar-refractivity contribution >= 4 is 6.21 Å². The second-order valence-corrected chi connectivity index (χ2v) is 2.86. The van der Waals surface area contributed by atoms with E-state index in [9.17, 15) is 0 Å². The molecule has 0 fully saturated rings.